The van der Waals surface area contributed by atoms with Gasteiger partial charge in [-0.1, -0.05) is 32.3 Å². The molecular formula is C29H45N4O3SU+. The minimum Gasteiger partial charge on any atom is -0.542 e. The molecule has 7 nitrogen and oxygen atoms in total. The Morgan fingerprint density at radius 2 is 1.84 bits per heavy atom. The minimum atomic E-state index is 0. The monoisotopic (exact) mass is 767 g/mol. The van der Waals surface area contributed by atoms with Crippen molar-refractivity contribution in [3.63, 3.8) is 0 Å². The molecule has 1 saturated carbocycles. The number of benzene rings is 1. The van der Waals surface area contributed by atoms with Crippen molar-refractivity contribution in [2.75, 3.05) is 13.6 Å². The SMILES string of the molecule is CCN[N+](=O)c1cc(CC(=O)N(C)C(C)C)ccc1-c1cnc(C2CCCCC2)s1.CC[C-]=O.C[CH-]C.[U+2]. The molecule has 38 heavy (non-hydrogen) atoms. The molecule has 3 rings (SSSR count). The quantitative estimate of drug-likeness (QED) is 0.170. The summed E-state index contributed by atoms with van der Waals surface area (Å²) in [6.07, 6.45) is 12.6. The summed E-state index contributed by atoms with van der Waals surface area (Å²) >= 11 is 1.69. The summed E-state index contributed by atoms with van der Waals surface area (Å²) < 4.78 is 0. The number of nitrogens with one attached hydrogen (secondary N) is 1. The van der Waals surface area contributed by atoms with Crippen molar-refractivity contribution in [1.82, 2.24) is 15.3 Å². The predicted octanol–water partition coefficient (Wildman–Crippen LogP) is 6.94. The van der Waals surface area contributed by atoms with E-state index in [9.17, 15) is 9.70 Å². The molecular weight excluding hydrogens is 722 g/mol. The molecule has 9 heteroatoms. The largest absolute Gasteiger partial charge is 2.00 e. The van der Waals surface area contributed by atoms with Gasteiger partial charge < -0.3 is 16.1 Å². The Morgan fingerprint density at radius 1 is 1.24 bits per heavy atom. The molecule has 0 radical (unpaired) electrons. The zero-order chi connectivity index (χ0) is 27.8. The van der Waals surface area contributed by atoms with Crippen molar-refractivity contribution in [2.24, 2.45) is 0 Å². The first-order valence-corrected chi connectivity index (χ1v) is 14.2. The molecule has 0 spiro atoms. The van der Waals surface area contributed by atoms with Crippen molar-refractivity contribution in [3.05, 3.63) is 46.3 Å². The second kappa shape index (κ2) is 20.4. The summed E-state index contributed by atoms with van der Waals surface area (Å²) in [6.45, 7) is 12.2. The van der Waals surface area contributed by atoms with Gasteiger partial charge in [-0.25, -0.2) is 4.98 Å². The molecule has 0 atom stereocenters. The van der Waals surface area contributed by atoms with E-state index in [1.54, 1.807) is 29.4 Å². The van der Waals surface area contributed by atoms with Crippen LogP contribution >= 0.6 is 11.3 Å². The second-order valence-electron chi connectivity index (χ2n) is 9.41. The molecule has 0 bridgehead atoms. The first-order valence-electron chi connectivity index (χ1n) is 13.4. The molecule has 0 saturated heterocycles. The fourth-order valence-electron chi connectivity index (χ4n) is 3.83. The second-order valence-corrected chi connectivity index (χ2v) is 10.5. The fourth-order valence-corrected chi connectivity index (χ4v) is 4.95. The van der Waals surface area contributed by atoms with E-state index in [-0.39, 0.29) is 49.5 Å². The van der Waals surface area contributed by atoms with Gasteiger partial charge in [0, 0.05) is 31.3 Å². The van der Waals surface area contributed by atoms with Crippen LogP contribution in [0, 0.1) is 42.4 Å². The number of likely N-dealkylation sites (N-methyl/N-ethyl adjacent to an activating group) is 1. The van der Waals surface area contributed by atoms with Crippen molar-refractivity contribution in [3.8, 4) is 10.4 Å². The number of nitroso groups, excluding NO2 is 1. The van der Waals surface area contributed by atoms with Crippen LogP contribution in [0.4, 0.5) is 5.69 Å². The maximum Gasteiger partial charge on any atom is 2.00 e. The van der Waals surface area contributed by atoms with Gasteiger partial charge in [0.05, 0.1) is 33.3 Å². The van der Waals surface area contributed by atoms with Gasteiger partial charge in [-0.2, -0.15) is 20.3 Å². The number of hydrogen-bond donors (Lipinski definition) is 1. The zero-order valence-corrected chi connectivity index (χ0v) is 29.2. The van der Waals surface area contributed by atoms with Crippen LogP contribution in [-0.4, -0.2) is 46.6 Å². The van der Waals surface area contributed by atoms with Crippen molar-refractivity contribution >= 4 is 29.2 Å². The number of aromatic nitrogens is 1. The first-order chi connectivity index (χ1) is 17.7. The topological polar surface area (TPSA) is 82.4 Å². The molecule has 1 aliphatic rings. The van der Waals surface area contributed by atoms with Gasteiger partial charge in [0.25, 0.3) is 0 Å². The first kappa shape index (κ1) is 36.4. The number of nitrogens with zero attached hydrogens (tertiary/aromatic N) is 3. The van der Waals surface area contributed by atoms with E-state index >= 15 is 0 Å². The van der Waals surface area contributed by atoms with E-state index in [2.05, 4.69) is 5.43 Å². The van der Waals surface area contributed by atoms with Crippen molar-refractivity contribution < 1.29 is 45.6 Å². The number of rotatable bonds is 9. The summed E-state index contributed by atoms with van der Waals surface area (Å²) in [4.78, 5) is 42.5. The summed E-state index contributed by atoms with van der Waals surface area (Å²) in [5.74, 6) is 0.587. The van der Waals surface area contributed by atoms with Gasteiger partial charge in [-0.15, -0.1) is 16.8 Å². The normalized spacial score (nSPS) is 12.7. The maximum atomic E-state index is 12.7. The van der Waals surface area contributed by atoms with Gasteiger partial charge >= 0.3 is 36.8 Å². The van der Waals surface area contributed by atoms with E-state index in [1.165, 1.54) is 37.1 Å². The Balaban J connectivity index is 0.00000153. The standard InChI is InChI=1S/C23H33N4O2S.C3H5O.C3H7.U/c1-5-25-27(29)20-13-17(14-22(28)26(4)16(2)3)11-12-19(20)21-15-24-23(30-21)18-9-7-6-8-10-18;1-2-3-4;1-3-2;/h11-13,15-16,18H,5-10,14H2,1-4H3,(H,25,29);2H2,1H3;3H,1-2H3;/q+1;2*-1;+2. The third kappa shape index (κ3) is 12.1. The van der Waals surface area contributed by atoms with Crippen LogP contribution in [-0.2, 0) is 16.0 Å². The van der Waals surface area contributed by atoms with Crippen LogP contribution in [0.1, 0.15) is 96.6 Å². The molecule has 1 aromatic heterocycles. The Hall–Kier alpha value is -1.56. The number of hydrogen-bond acceptors (Lipinski definition) is 5. The Bertz CT molecular complexity index is 974. The number of hydrazine groups is 1. The molecule has 0 unspecified atom stereocenters. The molecule has 1 N–H and O–H groups in total. The van der Waals surface area contributed by atoms with Gasteiger partial charge in [-0.05, 0) is 45.2 Å². The fraction of sp³-hybridized carbons (Fsp3) is 0.586. The third-order valence-electron chi connectivity index (χ3n) is 5.99. The molecule has 1 amide bonds. The average Bonchev–Trinajstić information content (AvgIpc) is 3.39. The third-order valence-corrected chi connectivity index (χ3v) is 7.19. The van der Waals surface area contributed by atoms with Crippen LogP contribution in [0.2, 0.25) is 0 Å². The smallest absolute Gasteiger partial charge is 0.542 e. The molecule has 1 aromatic carbocycles. The van der Waals surface area contributed by atoms with E-state index in [4.69, 9.17) is 9.78 Å². The summed E-state index contributed by atoms with van der Waals surface area (Å²) in [5, 5.41) is 1.18. The van der Waals surface area contributed by atoms with Crippen molar-refractivity contribution in [2.45, 2.75) is 98.4 Å². The summed E-state index contributed by atoms with van der Waals surface area (Å²) in [5.41, 5.74) is 5.06. The predicted molar refractivity (Wildman–Crippen MR) is 154 cm³/mol. The molecule has 1 fully saturated rings. The van der Waals surface area contributed by atoms with Crippen LogP contribution < -0.4 is 5.43 Å². The number of carbonyl (C=O) groups is 1. The Kier molecular flexibility index (Phi) is 19.5. The van der Waals surface area contributed by atoms with Gasteiger partial charge in [0.15, 0.2) is 4.87 Å². The van der Waals surface area contributed by atoms with E-state index in [0.717, 1.165) is 20.9 Å². The average molecular weight is 768 g/mol. The zero-order valence-electron chi connectivity index (χ0n) is 24.2. The van der Waals surface area contributed by atoms with Crippen LogP contribution in [0.25, 0.3) is 10.4 Å². The van der Waals surface area contributed by atoms with Gasteiger partial charge in [0.2, 0.25) is 5.91 Å². The van der Waals surface area contributed by atoms with Gasteiger partial charge in [-0.3, -0.25) is 11.1 Å². The summed E-state index contributed by atoms with van der Waals surface area (Å²) in [7, 11) is 1.81. The van der Waals surface area contributed by atoms with E-state index in [1.807, 2.05) is 72.5 Å². The summed E-state index contributed by atoms with van der Waals surface area (Å²) in [6, 6.07) is 5.87. The molecule has 1 heterocycles. The minimum absolute atomic E-state index is 0. The number of amides is 1. The molecule has 0 aliphatic heterocycles. The maximum absolute atomic E-state index is 12.7. The Labute approximate surface area is 257 Å². The van der Waals surface area contributed by atoms with E-state index < -0.39 is 0 Å². The Morgan fingerprint density at radius 3 is 2.37 bits per heavy atom. The van der Waals surface area contributed by atoms with Crippen molar-refractivity contribution in [1.29, 1.82) is 0 Å². The van der Waals surface area contributed by atoms with Gasteiger partial charge in [0.1, 0.15) is 0 Å². The van der Waals surface area contributed by atoms with Crippen LogP contribution in [0.3, 0.4) is 0 Å². The molecule has 1 aliphatic carbocycles. The van der Waals surface area contributed by atoms with Crippen LogP contribution in [0.5, 0.6) is 0 Å². The molecule has 208 valence electrons. The number of carbonyl (C=O) groups excluding carboxylic acids is 2. The molecule has 2 aromatic rings. The van der Waals surface area contributed by atoms with Crippen LogP contribution in [0.15, 0.2) is 24.4 Å². The number of thiazole rings is 1. The van der Waals surface area contributed by atoms with E-state index in [0.29, 0.717) is 24.6 Å².